The number of ketones is 2. The van der Waals surface area contributed by atoms with Crippen LogP contribution in [0.15, 0.2) is 47.5 Å². The molecule has 0 aromatic heterocycles. The van der Waals surface area contributed by atoms with E-state index in [1.165, 1.54) is 0 Å². The molecule has 9 heteroatoms. The van der Waals surface area contributed by atoms with E-state index < -0.39 is 5.79 Å². The smallest absolute Gasteiger partial charge is 0.228 e. The number of amidine groups is 1. The number of aliphatic imine (C=N–C) groups is 1. The summed E-state index contributed by atoms with van der Waals surface area (Å²) in [4.78, 5) is 37.8. The Hall–Kier alpha value is -2.72. The quantitative estimate of drug-likeness (QED) is 0.106. The van der Waals surface area contributed by atoms with Gasteiger partial charge in [0.05, 0.1) is 18.2 Å². The predicted octanol–water partition coefficient (Wildman–Crippen LogP) is 7.32. The van der Waals surface area contributed by atoms with Crippen LogP contribution < -0.4 is 11.1 Å². The fourth-order valence-electron chi connectivity index (χ4n) is 3.48. The van der Waals surface area contributed by atoms with Crippen LogP contribution in [0, 0.1) is 5.92 Å². The summed E-state index contributed by atoms with van der Waals surface area (Å²) in [6.45, 7) is 15.3. The number of ether oxygens (including phenoxy) is 3. The van der Waals surface area contributed by atoms with Gasteiger partial charge in [-0.25, -0.2) is 0 Å². The van der Waals surface area contributed by atoms with Crippen molar-refractivity contribution in [3.05, 3.63) is 48.0 Å². The fourth-order valence-corrected chi connectivity index (χ4v) is 3.48. The number of amides is 1. The lowest BCUT2D eigenvalue weighted by Gasteiger charge is -2.19. The number of hydrogen-bond donors (Lipinski definition) is 2. The summed E-state index contributed by atoms with van der Waals surface area (Å²) in [5, 5.41) is 2.74. The van der Waals surface area contributed by atoms with Crippen LogP contribution in [0.2, 0.25) is 0 Å². The maximum Gasteiger partial charge on any atom is 0.228 e. The van der Waals surface area contributed by atoms with Gasteiger partial charge in [-0.15, -0.1) is 0 Å². The zero-order valence-electron chi connectivity index (χ0n) is 29.3. The molecule has 45 heavy (non-hydrogen) atoms. The van der Waals surface area contributed by atoms with Gasteiger partial charge in [-0.1, -0.05) is 64.6 Å². The molecule has 1 aliphatic rings. The van der Waals surface area contributed by atoms with Gasteiger partial charge in [0, 0.05) is 45.6 Å². The second kappa shape index (κ2) is 27.6. The number of nitrogens with zero attached hydrogens (tertiary/aromatic N) is 1. The minimum atomic E-state index is -0.417. The van der Waals surface area contributed by atoms with Gasteiger partial charge in [0.2, 0.25) is 5.91 Å². The highest BCUT2D eigenvalue weighted by Crippen LogP contribution is 2.23. The van der Waals surface area contributed by atoms with E-state index >= 15 is 0 Å². The Morgan fingerprint density at radius 3 is 2.02 bits per heavy atom. The summed E-state index contributed by atoms with van der Waals surface area (Å²) >= 11 is 0. The highest BCUT2D eigenvalue weighted by atomic mass is 16.7. The van der Waals surface area contributed by atoms with Crippen molar-refractivity contribution in [3.8, 4) is 0 Å². The third-order valence-electron chi connectivity index (χ3n) is 6.97. The topological polar surface area (TPSA) is 129 Å². The third-order valence-corrected chi connectivity index (χ3v) is 6.97. The van der Waals surface area contributed by atoms with Crippen LogP contribution in [-0.4, -0.2) is 68.6 Å². The van der Waals surface area contributed by atoms with E-state index in [1.807, 2.05) is 78.0 Å². The summed E-state index contributed by atoms with van der Waals surface area (Å²) in [6, 6.07) is 9.22. The summed E-state index contributed by atoms with van der Waals surface area (Å²) < 4.78 is 15.4. The number of benzene rings is 1. The zero-order valence-corrected chi connectivity index (χ0v) is 29.3. The van der Waals surface area contributed by atoms with Crippen molar-refractivity contribution in [1.82, 2.24) is 5.32 Å². The van der Waals surface area contributed by atoms with Gasteiger partial charge in [0.15, 0.2) is 11.6 Å². The number of allylic oxidation sites excluding steroid dienone is 1. The molecule has 1 aromatic rings. The Morgan fingerprint density at radius 2 is 1.67 bits per heavy atom. The second-order valence-electron chi connectivity index (χ2n) is 11.2. The molecule has 260 valence electrons. The lowest BCUT2D eigenvalue weighted by molar-refractivity contribution is -0.178. The van der Waals surface area contributed by atoms with Crippen molar-refractivity contribution in [1.29, 1.82) is 0 Å². The van der Waals surface area contributed by atoms with Crippen LogP contribution in [0.25, 0.3) is 0 Å². The molecule has 0 radical (unpaired) electrons. The predicted molar refractivity (Wildman–Crippen MR) is 188 cm³/mol. The van der Waals surface area contributed by atoms with Gasteiger partial charge in [-0.05, 0) is 72.8 Å². The average molecular weight is 636 g/mol. The fraction of sp³-hybridized carbons (Fsp3) is 0.667. The number of carbonyl (C=O) groups excluding carboxylic acids is 3. The number of hydrogen-bond acceptors (Lipinski definition) is 8. The van der Waals surface area contributed by atoms with Crippen LogP contribution in [-0.2, 0) is 23.8 Å². The number of methoxy groups -OCH3 is 2. The van der Waals surface area contributed by atoms with Crippen molar-refractivity contribution in [2.75, 3.05) is 21.3 Å². The first-order valence-electron chi connectivity index (χ1n) is 15.7. The average Bonchev–Trinajstić information content (AvgIpc) is 3.45. The van der Waals surface area contributed by atoms with Gasteiger partial charge < -0.3 is 25.3 Å². The van der Waals surface area contributed by atoms with Crippen LogP contribution in [0.4, 0.5) is 0 Å². The van der Waals surface area contributed by atoms with Crippen molar-refractivity contribution < 1.29 is 28.6 Å². The van der Waals surface area contributed by atoms with Crippen molar-refractivity contribution >= 4 is 23.3 Å². The molecular weight excluding hydrogens is 570 g/mol. The minimum absolute atomic E-state index is 0. The molecule has 1 amide bonds. The number of nitrogens with one attached hydrogen (secondary N) is 1. The van der Waals surface area contributed by atoms with Crippen molar-refractivity contribution in [3.63, 3.8) is 0 Å². The molecule has 4 atom stereocenters. The molecular formula is C36H65N3O6. The van der Waals surface area contributed by atoms with Crippen molar-refractivity contribution in [2.45, 2.75) is 132 Å². The Morgan fingerprint density at radius 1 is 1.09 bits per heavy atom. The van der Waals surface area contributed by atoms with E-state index in [2.05, 4.69) is 17.2 Å². The van der Waals surface area contributed by atoms with Gasteiger partial charge >= 0.3 is 0 Å². The number of carbonyl (C=O) groups is 3. The Kier molecular flexibility index (Phi) is 28.6. The molecule has 0 bridgehead atoms. The molecule has 0 aliphatic carbocycles. The number of nitrogens with two attached hydrogens (primary N) is 1. The maximum atomic E-state index is 11.8. The first kappa shape index (κ1) is 46.7. The zero-order chi connectivity index (χ0) is 34.1. The molecule has 1 saturated heterocycles. The molecule has 9 nitrogen and oxygen atoms in total. The highest BCUT2D eigenvalue weighted by Gasteiger charge is 2.22. The van der Waals surface area contributed by atoms with Crippen molar-refractivity contribution in [2.24, 2.45) is 16.6 Å². The molecule has 4 unspecified atom stereocenters. The normalized spacial score (nSPS) is 17.2. The number of rotatable bonds is 12. The maximum absolute atomic E-state index is 11.8. The van der Waals surface area contributed by atoms with E-state index in [9.17, 15) is 14.4 Å². The molecule has 1 fully saturated rings. The third kappa shape index (κ3) is 24.2. The minimum Gasteiger partial charge on any atom is -0.375 e. The monoisotopic (exact) mass is 635 g/mol. The van der Waals surface area contributed by atoms with Gasteiger partial charge in [-0.3, -0.25) is 19.4 Å². The largest absolute Gasteiger partial charge is 0.375 e. The molecule has 1 aromatic carbocycles. The summed E-state index contributed by atoms with van der Waals surface area (Å²) in [6.07, 6.45) is 10.3. The lowest BCUT2D eigenvalue weighted by Crippen LogP contribution is -2.33. The van der Waals surface area contributed by atoms with E-state index in [0.717, 1.165) is 37.7 Å². The Balaban J connectivity index is -0.000000549. The first-order chi connectivity index (χ1) is 20.7. The molecule has 0 spiro atoms. The molecule has 1 aliphatic heterocycles. The SMILES string of the molecule is C.C/C=C\C(=NC)NC(=O)C(C)CC.CC1CCC(CCC(=O)c2ccccc2)O1.CCCC(=O)C(C)N.COC(C)(C)OC. The van der Waals surface area contributed by atoms with Crippen LogP contribution in [0.5, 0.6) is 0 Å². The first-order valence-corrected chi connectivity index (χ1v) is 15.7. The second-order valence-corrected chi connectivity index (χ2v) is 11.2. The van der Waals surface area contributed by atoms with E-state index in [4.69, 9.17) is 19.9 Å². The van der Waals surface area contributed by atoms with Gasteiger partial charge in [0.1, 0.15) is 11.6 Å². The van der Waals surface area contributed by atoms with Crippen LogP contribution in [0.3, 0.4) is 0 Å². The molecule has 3 N–H and O–H groups in total. The van der Waals surface area contributed by atoms with Crippen LogP contribution >= 0.6 is 0 Å². The van der Waals surface area contributed by atoms with E-state index in [0.29, 0.717) is 30.9 Å². The highest BCUT2D eigenvalue weighted by molar-refractivity contribution is 6.04. The summed E-state index contributed by atoms with van der Waals surface area (Å²) in [7, 11) is 4.89. The van der Waals surface area contributed by atoms with Gasteiger partial charge in [0.25, 0.3) is 0 Å². The van der Waals surface area contributed by atoms with E-state index in [1.54, 1.807) is 34.3 Å². The molecule has 2 rings (SSSR count). The molecule has 0 saturated carbocycles. The summed E-state index contributed by atoms with van der Waals surface area (Å²) in [5.74, 6) is 0.659. The van der Waals surface area contributed by atoms with Crippen LogP contribution in [0.1, 0.15) is 118 Å². The standard InChI is InChI=1S/C14H18O2.C10H18N2O.C6H13NO.C5H12O2.CH4/c1-11-7-8-13(16-11)9-10-14(15)12-5-3-2-4-6-12;1-5-7-9(11-4)12-10(13)8(3)6-2;1-3-4-6(8)5(2)7;1-5(2,6-3)7-4;/h2-6,11,13H,7-10H2,1H3;5,7-8H,6H2,1-4H3,(H,11,12,13);5H,3-4,7H2,1-2H3;1-4H3;1H4/b;7-5-;;;. The lowest BCUT2D eigenvalue weighted by atomic mass is 10.0. The molecule has 1 heterocycles. The van der Waals surface area contributed by atoms with Gasteiger partial charge in [-0.2, -0.15) is 0 Å². The summed E-state index contributed by atoms with van der Waals surface area (Å²) in [5.41, 5.74) is 6.09. The number of Topliss-reactive ketones (excluding diaryl/α,β-unsaturated/α-hetero) is 2. The Bertz CT molecular complexity index is 970. The Labute approximate surface area is 274 Å². The van der Waals surface area contributed by atoms with E-state index in [-0.39, 0.29) is 36.9 Å².